The van der Waals surface area contributed by atoms with Gasteiger partial charge in [-0.15, -0.1) is 0 Å². The van der Waals surface area contributed by atoms with Crippen LogP contribution in [0.1, 0.15) is 25.3 Å². The number of rotatable bonds is 5. The molecule has 2 N–H and O–H groups in total. The molecule has 0 unspecified atom stereocenters. The van der Waals surface area contributed by atoms with Crippen molar-refractivity contribution in [2.75, 3.05) is 31.6 Å². The van der Waals surface area contributed by atoms with E-state index < -0.39 is 0 Å². The molecule has 1 aromatic carbocycles. The largest absolute Gasteiger partial charge is 0.371 e. The van der Waals surface area contributed by atoms with Gasteiger partial charge in [0.1, 0.15) is 0 Å². The van der Waals surface area contributed by atoms with Gasteiger partial charge in [0.05, 0.1) is 0 Å². The van der Waals surface area contributed by atoms with Crippen molar-refractivity contribution < 1.29 is 4.79 Å². The number of anilines is 1. The molecule has 5 heteroatoms. The fraction of sp³-hybridized carbons (Fsp3) is 0.562. The summed E-state index contributed by atoms with van der Waals surface area (Å²) in [5.74, 6) is 0.302. The Bertz CT molecular complexity index is 484. The SMILES string of the molecule is CCNCc1c(Cl)cccc1N1CCC(C(=O)NC)CC1. The number of benzene rings is 1. The summed E-state index contributed by atoms with van der Waals surface area (Å²) in [4.78, 5) is 14.1. The molecular formula is C16H24ClN3O. The van der Waals surface area contributed by atoms with Crippen molar-refractivity contribution in [2.45, 2.75) is 26.3 Å². The molecular weight excluding hydrogens is 286 g/mol. The van der Waals surface area contributed by atoms with Crippen LogP contribution in [0.25, 0.3) is 0 Å². The molecule has 2 rings (SSSR count). The highest BCUT2D eigenvalue weighted by Crippen LogP contribution is 2.30. The summed E-state index contributed by atoms with van der Waals surface area (Å²) >= 11 is 6.36. The fourth-order valence-corrected chi connectivity index (χ4v) is 3.09. The van der Waals surface area contributed by atoms with Gasteiger partial charge in [0.15, 0.2) is 0 Å². The molecule has 1 fully saturated rings. The van der Waals surface area contributed by atoms with E-state index in [2.05, 4.69) is 28.5 Å². The van der Waals surface area contributed by atoms with Gasteiger partial charge in [0, 0.05) is 48.9 Å². The van der Waals surface area contributed by atoms with Gasteiger partial charge in [0.2, 0.25) is 5.91 Å². The summed E-state index contributed by atoms with van der Waals surface area (Å²) < 4.78 is 0. The first-order chi connectivity index (χ1) is 10.2. The summed E-state index contributed by atoms with van der Waals surface area (Å²) in [6.45, 7) is 5.59. The summed E-state index contributed by atoms with van der Waals surface area (Å²) in [5.41, 5.74) is 2.35. The third kappa shape index (κ3) is 3.89. The molecule has 0 aliphatic carbocycles. The van der Waals surface area contributed by atoms with E-state index in [0.29, 0.717) is 0 Å². The highest BCUT2D eigenvalue weighted by molar-refractivity contribution is 6.31. The Morgan fingerprint density at radius 1 is 1.38 bits per heavy atom. The van der Waals surface area contributed by atoms with Crippen molar-refractivity contribution in [3.05, 3.63) is 28.8 Å². The molecule has 1 saturated heterocycles. The Balaban J connectivity index is 2.09. The molecule has 21 heavy (non-hydrogen) atoms. The summed E-state index contributed by atoms with van der Waals surface area (Å²) in [7, 11) is 1.71. The van der Waals surface area contributed by atoms with E-state index in [4.69, 9.17) is 11.6 Å². The molecule has 116 valence electrons. The minimum atomic E-state index is 0.141. The molecule has 1 amide bonds. The van der Waals surface area contributed by atoms with Crippen molar-refractivity contribution in [1.82, 2.24) is 10.6 Å². The average molecular weight is 310 g/mol. The molecule has 1 aliphatic heterocycles. The zero-order chi connectivity index (χ0) is 15.2. The molecule has 0 atom stereocenters. The van der Waals surface area contributed by atoms with Crippen LogP contribution in [-0.2, 0) is 11.3 Å². The standard InChI is InChI=1S/C16H24ClN3O/c1-3-19-11-13-14(17)5-4-6-15(13)20-9-7-12(8-10-20)16(21)18-2/h4-6,12,19H,3,7-11H2,1-2H3,(H,18,21). The zero-order valence-corrected chi connectivity index (χ0v) is 13.5. The molecule has 0 saturated carbocycles. The second-order valence-electron chi connectivity index (χ2n) is 5.39. The van der Waals surface area contributed by atoms with Crippen LogP contribution >= 0.6 is 11.6 Å². The van der Waals surface area contributed by atoms with Crippen LogP contribution in [0.15, 0.2) is 18.2 Å². The van der Waals surface area contributed by atoms with Crippen LogP contribution in [0.4, 0.5) is 5.69 Å². The van der Waals surface area contributed by atoms with Crippen LogP contribution in [0, 0.1) is 5.92 Å². The highest BCUT2D eigenvalue weighted by Gasteiger charge is 2.25. The minimum absolute atomic E-state index is 0.141. The van der Waals surface area contributed by atoms with E-state index in [-0.39, 0.29) is 11.8 Å². The van der Waals surface area contributed by atoms with E-state index in [0.717, 1.165) is 49.6 Å². The lowest BCUT2D eigenvalue weighted by molar-refractivity contribution is -0.125. The van der Waals surface area contributed by atoms with E-state index in [1.54, 1.807) is 7.05 Å². The number of carbonyl (C=O) groups excluding carboxylic acids is 1. The average Bonchev–Trinajstić information content (AvgIpc) is 2.53. The number of hydrogen-bond donors (Lipinski definition) is 2. The lowest BCUT2D eigenvalue weighted by Crippen LogP contribution is -2.40. The van der Waals surface area contributed by atoms with Gasteiger partial charge in [-0.1, -0.05) is 24.6 Å². The first-order valence-electron chi connectivity index (χ1n) is 7.62. The number of amides is 1. The van der Waals surface area contributed by atoms with Crippen molar-refractivity contribution in [1.29, 1.82) is 0 Å². The van der Waals surface area contributed by atoms with Crippen molar-refractivity contribution in [3.63, 3.8) is 0 Å². The van der Waals surface area contributed by atoms with E-state index >= 15 is 0 Å². The summed E-state index contributed by atoms with van der Waals surface area (Å²) in [6, 6.07) is 6.06. The molecule has 1 heterocycles. The van der Waals surface area contributed by atoms with Crippen molar-refractivity contribution >= 4 is 23.2 Å². The monoisotopic (exact) mass is 309 g/mol. The fourth-order valence-electron chi connectivity index (χ4n) is 2.86. The van der Waals surface area contributed by atoms with Gasteiger partial charge in [-0.3, -0.25) is 4.79 Å². The zero-order valence-electron chi connectivity index (χ0n) is 12.8. The lowest BCUT2D eigenvalue weighted by Gasteiger charge is -2.34. The second kappa shape index (κ2) is 7.66. The number of nitrogens with one attached hydrogen (secondary N) is 2. The van der Waals surface area contributed by atoms with E-state index in [9.17, 15) is 4.79 Å². The van der Waals surface area contributed by atoms with Crippen LogP contribution < -0.4 is 15.5 Å². The summed E-state index contributed by atoms with van der Waals surface area (Å²) in [6.07, 6.45) is 1.79. The third-order valence-corrected chi connectivity index (χ3v) is 4.45. The lowest BCUT2D eigenvalue weighted by atomic mass is 9.95. The van der Waals surface area contributed by atoms with Gasteiger partial charge in [0.25, 0.3) is 0 Å². The smallest absolute Gasteiger partial charge is 0.222 e. The Morgan fingerprint density at radius 2 is 2.10 bits per heavy atom. The molecule has 1 aliphatic rings. The Labute approximate surface area is 131 Å². The van der Waals surface area contributed by atoms with Gasteiger partial charge < -0.3 is 15.5 Å². The number of piperidine rings is 1. The Kier molecular flexibility index (Phi) is 5.88. The second-order valence-corrected chi connectivity index (χ2v) is 5.80. The number of nitrogens with zero attached hydrogens (tertiary/aromatic N) is 1. The van der Waals surface area contributed by atoms with Crippen LogP contribution in [-0.4, -0.2) is 32.6 Å². The van der Waals surface area contributed by atoms with Gasteiger partial charge in [-0.25, -0.2) is 0 Å². The molecule has 0 spiro atoms. The number of halogens is 1. The van der Waals surface area contributed by atoms with E-state index in [1.807, 2.05) is 12.1 Å². The van der Waals surface area contributed by atoms with Crippen molar-refractivity contribution in [2.24, 2.45) is 5.92 Å². The maximum Gasteiger partial charge on any atom is 0.222 e. The molecule has 0 bridgehead atoms. The first-order valence-corrected chi connectivity index (χ1v) is 7.99. The maximum atomic E-state index is 11.7. The predicted octanol–water partition coefficient (Wildman–Crippen LogP) is 2.41. The van der Waals surface area contributed by atoms with Crippen molar-refractivity contribution in [3.8, 4) is 0 Å². The van der Waals surface area contributed by atoms with Gasteiger partial charge >= 0.3 is 0 Å². The first kappa shape index (κ1) is 16.1. The quantitative estimate of drug-likeness (QED) is 0.878. The molecule has 0 radical (unpaired) electrons. The highest BCUT2D eigenvalue weighted by atomic mass is 35.5. The summed E-state index contributed by atoms with van der Waals surface area (Å²) in [5, 5.41) is 6.90. The van der Waals surface area contributed by atoms with Crippen LogP contribution in [0.5, 0.6) is 0 Å². The molecule has 4 nitrogen and oxygen atoms in total. The Morgan fingerprint density at radius 3 is 2.71 bits per heavy atom. The van der Waals surface area contributed by atoms with Gasteiger partial charge in [-0.2, -0.15) is 0 Å². The number of carbonyl (C=O) groups is 1. The maximum absolute atomic E-state index is 11.7. The predicted molar refractivity (Wildman–Crippen MR) is 87.8 cm³/mol. The third-order valence-electron chi connectivity index (χ3n) is 4.10. The molecule has 0 aromatic heterocycles. The topological polar surface area (TPSA) is 44.4 Å². The van der Waals surface area contributed by atoms with E-state index in [1.165, 1.54) is 5.69 Å². The molecule has 1 aromatic rings. The van der Waals surface area contributed by atoms with Gasteiger partial charge in [-0.05, 0) is 31.5 Å². The minimum Gasteiger partial charge on any atom is -0.371 e. The Hall–Kier alpha value is -1.26. The normalized spacial score (nSPS) is 16.0. The number of hydrogen-bond acceptors (Lipinski definition) is 3. The van der Waals surface area contributed by atoms with Crippen LogP contribution in [0.2, 0.25) is 5.02 Å². The van der Waals surface area contributed by atoms with Crippen LogP contribution in [0.3, 0.4) is 0 Å².